The van der Waals surface area contributed by atoms with Crippen molar-refractivity contribution in [2.75, 3.05) is 17.2 Å². The summed E-state index contributed by atoms with van der Waals surface area (Å²) < 4.78 is 10.6. The molecule has 6 rings (SSSR count). The minimum atomic E-state index is -1.13. The van der Waals surface area contributed by atoms with Crippen molar-refractivity contribution in [1.82, 2.24) is 19.6 Å². The van der Waals surface area contributed by atoms with Crippen LogP contribution < -0.4 is 20.2 Å². The van der Waals surface area contributed by atoms with Crippen molar-refractivity contribution in [2.45, 2.75) is 54.0 Å². The third-order valence-corrected chi connectivity index (χ3v) is 10.3. The number of hydrogen-bond acceptors (Lipinski definition) is 8. The van der Waals surface area contributed by atoms with Crippen LogP contribution in [0.1, 0.15) is 44.7 Å². The number of nitrogens with one attached hydrogen (secondary N) is 2. The van der Waals surface area contributed by atoms with E-state index in [2.05, 4.69) is 39.1 Å². The Labute approximate surface area is 316 Å². The lowest BCUT2D eigenvalue weighted by atomic mass is 9.82. The van der Waals surface area contributed by atoms with Crippen LogP contribution in [-0.2, 0) is 28.0 Å². The maximum atomic E-state index is 13.9. The molecule has 0 radical (unpaired) electrons. The molecule has 2 N–H and O–H groups in total. The summed E-state index contributed by atoms with van der Waals surface area (Å²) in [6.45, 7) is 9.67. The molecule has 0 bridgehead atoms. The molecule has 1 atom stereocenters. The smallest absolute Gasteiger partial charge is 0.236 e. The van der Waals surface area contributed by atoms with Gasteiger partial charge >= 0.3 is 0 Å². The number of benzene rings is 4. The van der Waals surface area contributed by atoms with E-state index in [9.17, 15) is 14.4 Å². The average Bonchev–Trinajstić information content (AvgIpc) is 3.66. The van der Waals surface area contributed by atoms with Crippen LogP contribution in [0.5, 0.6) is 5.75 Å². The van der Waals surface area contributed by atoms with Crippen molar-refractivity contribution in [1.29, 1.82) is 0 Å². The Morgan fingerprint density at radius 1 is 0.962 bits per heavy atom. The number of aromatic nitrogens is 4. The normalized spacial score (nSPS) is 12.6. The Kier molecular flexibility index (Phi) is 11.1. The molecular weight excluding hydrogens is 710 g/mol. The van der Waals surface area contributed by atoms with Gasteiger partial charge in [-0.25, -0.2) is 9.67 Å². The Bertz CT molecular complexity index is 2410. The van der Waals surface area contributed by atoms with Gasteiger partial charge in [-0.2, -0.15) is 0 Å². The van der Waals surface area contributed by atoms with Crippen LogP contribution in [0, 0.1) is 25.2 Å². The number of nitrogens with zero attached hydrogens (tertiary/aromatic N) is 5. The number of para-hydroxylation sites is 1. The largest absolute Gasteiger partial charge is 0.493 e. The Morgan fingerprint density at radius 2 is 1.75 bits per heavy atom. The summed E-state index contributed by atoms with van der Waals surface area (Å²) >= 11 is 8.09. The first kappa shape index (κ1) is 37.4. The molecule has 2 amide bonds. The predicted molar refractivity (Wildman–Crippen MR) is 211 cm³/mol. The predicted octanol–water partition coefficient (Wildman–Crippen LogP) is 8.15. The highest BCUT2D eigenvalue weighted by atomic mass is 35.5. The molecule has 6 aromatic rings. The summed E-state index contributed by atoms with van der Waals surface area (Å²) in [5, 5.41) is 14.6. The molecular formula is C40H42ClN7O4S. The van der Waals surface area contributed by atoms with Crippen LogP contribution in [-0.4, -0.2) is 43.8 Å². The fourth-order valence-corrected chi connectivity index (χ4v) is 7.16. The van der Waals surface area contributed by atoms with E-state index < -0.39 is 17.2 Å². The third-order valence-electron chi connectivity index (χ3n) is 8.81. The maximum absolute atomic E-state index is 13.9. The molecule has 0 aliphatic carbocycles. The Balaban J connectivity index is 1.16. The van der Waals surface area contributed by atoms with E-state index in [-0.39, 0.29) is 35.4 Å². The number of halogens is 1. The second-order valence-electron chi connectivity index (χ2n) is 14.1. The van der Waals surface area contributed by atoms with Crippen LogP contribution in [0.2, 0.25) is 5.02 Å². The summed E-state index contributed by atoms with van der Waals surface area (Å²) in [5.41, 5.74) is 5.10. The number of hydrogen-bond donors (Lipinski definition) is 2. The van der Waals surface area contributed by atoms with Crippen molar-refractivity contribution in [3.8, 4) is 5.75 Å². The molecule has 2 aromatic heterocycles. The number of rotatable bonds is 12. The summed E-state index contributed by atoms with van der Waals surface area (Å²) in [5.74, 6) is -1.37. The molecule has 0 fully saturated rings. The fraction of sp³-hybridized carbons (Fsp3) is 0.300. The minimum Gasteiger partial charge on any atom is -0.493 e. The van der Waals surface area contributed by atoms with Gasteiger partial charge in [-0.1, -0.05) is 78.8 Å². The molecule has 274 valence electrons. The first-order valence-corrected chi connectivity index (χ1v) is 18.5. The van der Waals surface area contributed by atoms with Crippen LogP contribution in [0.4, 0.5) is 17.1 Å². The average molecular weight is 752 g/mol. The lowest BCUT2D eigenvalue weighted by molar-refractivity contribution is -0.137. The van der Waals surface area contributed by atoms with Gasteiger partial charge in [-0.3, -0.25) is 14.4 Å². The molecule has 53 heavy (non-hydrogen) atoms. The summed E-state index contributed by atoms with van der Waals surface area (Å²) in [6.07, 6.45) is 0.754. The summed E-state index contributed by atoms with van der Waals surface area (Å²) in [4.78, 5) is 46.2. The maximum Gasteiger partial charge on any atom is 0.236 e. The number of fused-ring (bicyclic) bond motifs is 2. The van der Waals surface area contributed by atoms with E-state index in [1.54, 1.807) is 55.0 Å². The number of anilines is 2. The third kappa shape index (κ3) is 8.83. The highest BCUT2D eigenvalue weighted by Crippen LogP contribution is 2.29. The summed E-state index contributed by atoms with van der Waals surface area (Å²) in [7, 11) is 1.98. The van der Waals surface area contributed by atoms with Crippen molar-refractivity contribution in [2.24, 2.45) is 23.4 Å². The van der Waals surface area contributed by atoms with Gasteiger partial charge in [0.2, 0.25) is 11.8 Å². The quantitative estimate of drug-likeness (QED) is 0.0958. The lowest BCUT2D eigenvalue weighted by Gasteiger charge is -2.24. The van der Waals surface area contributed by atoms with Gasteiger partial charge in [-0.15, -0.1) is 5.10 Å². The molecule has 4 aromatic carbocycles. The number of ketones is 1. The van der Waals surface area contributed by atoms with Crippen molar-refractivity contribution < 1.29 is 19.1 Å². The van der Waals surface area contributed by atoms with Crippen molar-refractivity contribution in [3.05, 3.63) is 99.8 Å². The molecule has 2 heterocycles. The van der Waals surface area contributed by atoms with E-state index in [1.165, 1.54) is 0 Å². The minimum absolute atomic E-state index is 0.0587. The Hall–Kier alpha value is -5.33. The number of carbonyl (C=O) groups excluding carboxylic acids is 3. The highest BCUT2D eigenvalue weighted by molar-refractivity contribution is 7.16. The number of Topliss-reactive ketones (excluding diaryl/α,β-unsaturated/α-hetero) is 1. The molecule has 1 unspecified atom stereocenters. The number of ether oxygens (including phenoxy) is 1. The van der Waals surface area contributed by atoms with E-state index in [0.29, 0.717) is 35.4 Å². The van der Waals surface area contributed by atoms with Gasteiger partial charge < -0.3 is 19.9 Å². The van der Waals surface area contributed by atoms with Gasteiger partial charge in [0, 0.05) is 24.6 Å². The number of carbonyl (C=O) groups is 3. The van der Waals surface area contributed by atoms with Crippen molar-refractivity contribution >= 4 is 78.8 Å². The van der Waals surface area contributed by atoms with Gasteiger partial charge in [0.05, 0.1) is 45.3 Å². The Morgan fingerprint density at radius 3 is 2.51 bits per heavy atom. The van der Waals surface area contributed by atoms with Crippen LogP contribution in [0.25, 0.3) is 21.3 Å². The monoisotopic (exact) mass is 751 g/mol. The SMILES string of the molecule is Cc1ccc(OCCCC(=O)Nc2ccc(Cl)c(NC(=O)C(Cn3nnc4ccc(N=c5sc6ccccc6n5C)cc43)C(=O)C(C)(C)C)c2)c(C)c1. The van der Waals surface area contributed by atoms with E-state index >= 15 is 0 Å². The summed E-state index contributed by atoms with van der Waals surface area (Å²) in [6, 6.07) is 24.5. The van der Waals surface area contributed by atoms with Gasteiger partial charge in [0.15, 0.2) is 10.6 Å². The second-order valence-corrected chi connectivity index (χ2v) is 15.5. The van der Waals surface area contributed by atoms with Crippen LogP contribution in [0.3, 0.4) is 0 Å². The van der Waals surface area contributed by atoms with Crippen LogP contribution in [0.15, 0.2) is 83.9 Å². The zero-order chi connectivity index (χ0) is 37.9. The van der Waals surface area contributed by atoms with Gasteiger partial charge in [-0.05, 0) is 80.4 Å². The molecule has 0 aliphatic heterocycles. The lowest BCUT2D eigenvalue weighted by Crippen LogP contribution is -2.39. The zero-order valence-electron chi connectivity index (χ0n) is 30.6. The van der Waals surface area contributed by atoms with Gasteiger partial charge in [0.25, 0.3) is 0 Å². The van der Waals surface area contributed by atoms with Crippen LogP contribution >= 0.6 is 22.9 Å². The van der Waals surface area contributed by atoms with E-state index in [4.69, 9.17) is 21.3 Å². The molecule has 11 nitrogen and oxygen atoms in total. The van der Waals surface area contributed by atoms with Gasteiger partial charge in [0.1, 0.15) is 17.2 Å². The number of aryl methyl sites for hydroxylation is 3. The number of amides is 2. The highest BCUT2D eigenvalue weighted by Gasteiger charge is 2.36. The first-order chi connectivity index (χ1) is 25.3. The zero-order valence-corrected chi connectivity index (χ0v) is 32.1. The molecule has 0 aliphatic rings. The van der Waals surface area contributed by atoms with E-state index in [0.717, 1.165) is 31.9 Å². The first-order valence-electron chi connectivity index (χ1n) is 17.3. The molecule has 0 saturated heterocycles. The molecule has 0 saturated carbocycles. The molecule has 0 spiro atoms. The fourth-order valence-electron chi connectivity index (χ4n) is 5.96. The molecule has 13 heteroatoms. The number of thiazole rings is 1. The topological polar surface area (TPSA) is 132 Å². The second kappa shape index (κ2) is 15.7. The van der Waals surface area contributed by atoms with E-state index in [1.807, 2.05) is 67.9 Å². The van der Waals surface area contributed by atoms with Crippen molar-refractivity contribution in [3.63, 3.8) is 0 Å². The standard InChI is InChI=1S/C40H42ClN7O4S/c1-24-13-18-34(25(2)20-24)52-19-9-12-36(49)42-26-14-16-29(41)31(21-26)44-38(51)28(37(50)40(3,4)5)23-48-33-22-27(15-17-30(33)45-46-48)43-39-47(6)32-10-7-8-11-35(32)53-39/h7-8,10-11,13-18,20-22,28H,9,12,19,23H2,1-6H3,(H,42,49)(H,44,51).